The van der Waals surface area contributed by atoms with Crippen molar-refractivity contribution in [3.05, 3.63) is 46.6 Å². The van der Waals surface area contributed by atoms with Gasteiger partial charge in [-0.25, -0.2) is 4.79 Å². The van der Waals surface area contributed by atoms with Crippen LogP contribution in [0.25, 0.3) is 0 Å². The zero-order valence-corrected chi connectivity index (χ0v) is 19.0. The second-order valence-corrected chi connectivity index (χ2v) is 9.11. The number of allylic oxidation sites excluding steroid dienone is 2. The van der Waals surface area contributed by atoms with Crippen LogP contribution < -0.4 is 15.4 Å². The lowest BCUT2D eigenvalue weighted by molar-refractivity contribution is -0.136. The van der Waals surface area contributed by atoms with Gasteiger partial charge in [-0.2, -0.15) is 0 Å². The molecule has 32 heavy (non-hydrogen) atoms. The summed E-state index contributed by atoms with van der Waals surface area (Å²) in [5.41, 5.74) is 8.20. The van der Waals surface area contributed by atoms with E-state index in [4.69, 9.17) is 24.7 Å². The lowest BCUT2D eigenvalue weighted by Crippen LogP contribution is -2.36. The average molecular weight is 443 g/mol. The van der Waals surface area contributed by atoms with Gasteiger partial charge in [-0.05, 0) is 11.5 Å². The van der Waals surface area contributed by atoms with Gasteiger partial charge in [-0.3, -0.25) is 4.79 Å². The minimum absolute atomic E-state index is 0.0367. The van der Waals surface area contributed by atoms with Gasteiger partial charge in [0, 0.05) is 48.8 Å². The van der Waals surface area contributed by atoms with Crippen molar-refractivity contribution in [3.8, 4) is 5.75 Å². The molecule has 1 aromatic carbocycles. The molecule has 0 amide bonds. The number of Topliss-reactive ketones (excluding diaryl/α,β-unsaturated/α-hetero) is 1. The van der Waals surface area contributed by atoms with Crippen molar-refractivity contribution >= 4 is 17.4 Å². The highest BCUT2D eigenvalue weighted by atomic mass is 16.5. The summed E-state index contributed by atoms with van der Waals surface area (Å²) in [6.07, 6.45) is 0.905. The minimum Gasteiger partial charge on any atom is -0.496 e. The number of ether oxygens (including phenoxy) is 4. The van der Waals surface area contributed by atoms with E-state index in [0.29, 0.717) is 48.7 Å². The van der Waals surface area contributed by atoms with Crippen molar-refractivity contribution in [1.82, 2.24) is 0 Å². The lowest BCUT2D eigenvalue weighted by atomic mass is 9.70. The van der Waals surface area contributed by atoms with Crippen LogP contribution in [0.15, 0.2) is 41.0 Å². The molecule has 0 radical (unpaired) electrons. The average Bonchev–Trinajstić information content (AvgIpc) is 2.77. The van der Waals surface area contributed by atoms with Crippen molar-refractivity contribution in [2.75, 3.05) is 45.4 Å². The summed E-state index contributed by atoms with van der Waals surface area (Å²) >= 11 is 0. The fourth-order valence-electron chi connectivity index (χ4n) is 4.76. The summed E-state index contributed by atoms with van der Waals surface area (Å²) in [6.45, 7) is 6.92. The molecule has 2 N–H and O–H groups in total. The first kappa shape index (κ1) is 22.2. The van der Waals surface area contributed by atoms with Crippen LogP contribution in [0.4, 0.5) is 5.69 Å². The van der Waals surface area contributed by atoms with E-state index >= 15 is 0 Å². The largest absolute Gasteiger partial charge is 0.496 e. The first-order valence-electron chi connectivity index (χ1n) is 10.8. The lowest BCUT2D eigenvalue weighted by Gasteiger charge is -2.38. The number of ketones is 1. The molecule has 8 nitrogen and oxygen atoms in total. The second kappa shape index (κ2) is 8.50. The van der Waals surface area contributed by atoms with Crippen LogP contribution in [0.5, 0.6) is 5.75 Å². The molecule has 2 heterocycles. The van der Waals surface area contributed by atoms with Gasteiger partial charge in [0.2, 0.25) is 5.88 Å². The van der Waals surface area contributed by atoms with E-state index < -0.39 is 11.9 Å². The van der Waals surface area contributed by atoms with Gasteiger partial charge in [-0.1, -0.05) is 19.9 Å². The third-order valence-corrected chi connectivity index (χ3v) is 6.26. The van der Waals surface area contributed by atoms with E-state index in [1.54, 1.807) is 7.11 Å². The smallest absolute Gasteiger partial charge is 0.340 e. The number of morpholine rings is 1. The minimum atomic E-state index is -0.719. The van der Waals surface area contributed by atoms with E-state index in [1.807, 2.05) is 32.0 Å². The van der Waals surface area contributed by atoms with Gasteiger partial charge in [0.05, 0.1) is 33.4 Å². The molecule has 3 aliphatic rings. The first-order chi connectivity index (χ1) is 15.3. The molecule has 1 atom stereocenters. The highest BCUT2D eigenvalue weighted by molar-refractivity contribution is 6.03. The fourth-order valence-corrected chi connectivity index (χ4v) is 4.76. The van der Waals surface area contributed by atoms with Crippen LogP contribution in [0, 0.1) is 5.41 Å². The number of methoxy groups -OCH3 is 2. The SMILES string of the molecule is COC(=O)C1=C(N)OC2=C(C(=O)CC(C)(C)C2)C1c1ccc(N2CCOCC2)cc1OC. The zero-order valence-electron chi connectivity index (χ0n) is 19.0. The van der Waals surface area contributed by atoms with Crippen LogP contribution in [0.1, 0.15) is 38.2 Å². The molecule has 172 valence electrons. The zero-order chi connectivity index (χ0) is 23.0. The normalized spacial score (nSPS) is 22.9. The summed E-state index contributed by atoms with van der Waals surface area (Å²) in [5, 5.41) is 0. The second-order valence-electron chi connectivity index (χ2n) is 9.11. The molecular weight excluding hydrogens is 412 g/mol. The van der Waals surface area contributed by atoms with Crippen molar-refractivity contribution in [1.29, 1.82) is 0 Å². The number of carbonyl (C=O) groups is 2. The van der Waals surface area contributed by atoms with E-state index in [0.717, 1.165) is 18.8 Å². The van der Waals surface area contributed by atoms with Crippen LogP contribution in [-0.2, 0) is 23.8 Å². The molecule has 1 fully saturated rings. The van der Waals surface area contributed by atoms with E-state index in [2.05, 4.69) is 4.90 Å². The Morgan fingerprint density at radius 3 is 2.56 bits per heavy atom. The van der Waals surface area contributed by atoms with Crippen molar-refractivity contribution in [2.24, 2.45) is 11.1 Å². The number of anilines is 1. The van der Waals surface area contributed by atoms with Crippen molar-refractivity contribution in [3.63, 3.8) is 0 Å². The van der Waals surface area contributed by atoms with Gasteiger partial charge in [0.1, 0.15) is 17.1 Å². The summed E-state index contributed by atoms with van der Waals surface area (Å²) in [4.78, 5) is 28.2. The summed E-state index contributed by atoms with van der Waals surface area (Å²) in [7, 11) is 2.86. The maximum atomic E-state index is 13.3. The van der Waals surface area contributed by atoms with E-state index in [9.17, 15) is 9.59 Å². The van der Waals surface area contributed by atoms with E-state index in [1.165, 1.54) is 7.11 Å². The molecule has 4 rings (SSSR count). The van der Waals surface area contributed by atoms with Gasteiger partial charge in [0.25, 0.3) is 0 Å². The van der Waals surface area contributed by atoms with Crippen molar-refractivity contribution in [2.45, 2.75) is 32.6 Å². The topological polar surface area (TPSA) is 100 Å². The molecule has 8 heteroatoms. The molecule has 1 aliphatic carbocycles. The molecule has 0 bridgehead atoms. The fraction of sp³-hybridized carbons (Fsp3) is 0.500. The summed E-state index contributed by atoms with van der Waals surface area (Å²) in [5.74, 6) is -0.361. The Balaban J connectivity index is 1.85. The third kappa shape index (κ3) is 3.95. The Bertz CT molecular complexity index is 1000. The van der Waals surface area contributed by atoms with Crippen LogP contribution in [0.2, 0.25) is 0 Å². The Morgan fingerprint density at radius 1 is 1.19 bits per heavy atom. The molecule has 0 aromatic heterocycles. The maximum Gasteiger partial charge on any atom is 0.340 e. The third-order valence-electron chi connectivity index (χ3n) is 6.26. The number of nitrogens with two attached hydrogens (primary N) is 1. The first-order valence-corrected chi connectivity index (χ1v) is 10.8. The van der Waals surface area contributed by atoms with Crippen LogP contribution in [-0.4, -0.2) is 52.3 Å². The Morgan fingerprint density at radius 2 is 1.91 bits per heavy atom. The predicted octanol–water partition coefficient (Wildman–Crippen LogP) is 2.63. The highest BCUT2D eigenvalue weighted by Gasteiger charge is 2.45. The summed E-state index contributed by atoms with van der Waals surface area (Å²) < 4.78 is 22.0. The number of carbonyl (C=O) groups excluding carboxylic acids is 2. The molecule has 1 unspecified atom stereocenters. The van der Waals surface area contributed by atoms with Crippen molar-refractivity contribution < 1.29 is 28.5 Å². The Hall–Kier alpha value is -3.00. The Kier molecular flexibility index (Phi) is 5.90. The maximum absolute atomic E-state index is 13.3. The number of rotatable bonds is 4. The summed E-state index contributed by atoms with van der Waals surface area (Å²) in [6, 6.07) is 5.80. The number of esters is 1. The molecular formula is C24H30N2O6. The quantitative estimate of drug-likeness (QED) is 0.711. The molecule has 1 aromatic rings. The molecule has 1 saturated heterocycles. The molecule has 0 spiro atoms. The van der Waals surface area contributed by atoms with Crippen LogP contribution >= 0.6 is 0 Å². The van der Waals surface area contributed by atoms with E-state index in [-0.39, 0.29) is 22.7 Å². The standard InChI is InChI=1S/C24H30N2O6/c1-24(2)12-16(27)20-18(13-24)32-22(25)21(23(28)30-4)19(20)15-6-5-14(11-17(15)29-3)26-7-9-31-10-8-26/h5-6,11,19H,7-10,12-13,25H2,1-4H3. The van der Waals surface area contributed by atoms with Gasteiger partial charge < -0.3 is 29.6 Å². The predicted molar refractivity (Wildman–Crippen MR) is 118 cm³/mol. The van der Waals surface area contributed by atoms with Gasteiger partial charge in [-0.15, -0.1) is 0 Å². The van der Waals surface area contributed by atoms with Gasteiger partial charge in [0.15, 0.2) is 5.78 Å². The van der Waals surface area contributed by atoms with Crippen LogP contribution in [0.3, 0.4) is 0 Å². The number of hydrogen-bond acceptors (Lipinski definition) is 8. The molecule has 2 aliphatic heterocycles. The monoisotopic (exact) mass is 442 g/mol. The number of benzene rings is 1. The number of nitrogens with zero attached hydrogens (tertiary/aromatic N) is 1. The Labute approximate surface area is 187 Å². The highest BCUT2D eigenvalue weighted by Crippen LogP contribution is 2.50. The van der Waals surface area contributed by atoms with Gasteiger partial charge >= 0.3 is 5.97 Å². The molecule has 0 saturated carbocycles. The number of hydrogen-bond donors (Lipinski definition) is 1.